The van der Waals surface area contributed by atoms with Crippen molar-refractivity contribution in [3.8, 4) is 0 Å². The second kappa shape index (κ2) is 16.6. The summed E-state index contributed by atoms with van der Waals surface area (Å²) in [5.74, 6) is 0.794. The molecule has 2 nitrogen and oxygen atoms in total. The van der Waals surface area contributed by atoms with E-state index in [1.807, 2.05) is 0 Å². The lowest BCUT2D eigenvalue weighted by Crippen LogP contribution is -1.98. The average molecular weight is 311 g/mol. The van der Waals surface area contributed by atoms with Gasteiger partial charge < -0.3 is 4.74 Å². The number of methoxy groups -OCH3 is 1. The Morgan fingerprint density at radius 3 is 2.23 bits per heavy atom. The fourth-order valence-corrected chi connectivity index (χ4v) is 2.69. The molecule has 0 aliphatic carbocycles. The van der Waals surface area contributed by atoms with Gasteiger partial charge in [-0.25, -0.2) is 0 Å². The maximum absolute atomic E-state index is 10.9. The minimum atomic E-state index is -0.0901. The Hall–Kier alpha value is -0.790. The molecule has 2 heteroatoms. The van der Waals surface area contributed by atoms with Crippen LogP contribution in [0.5, 0.6) is 0 Å². The van der Waals surface area contributed by atoms with Gasteiger partial charge in [-0.3, -0.25) is 4.79 Å². The standard InChI is InChI=1S/C20H38O2/c1-4-5-6-10-13-16-19(2)17-14-11-8-7-9-12-15-18-20(21)22-3/h7-8,19H,4-6,9-18H2,1-3H3/b8-7-. The molecule has 130 valence electrons. The molecule has 22 heavy (non-hydrogen) atoms. The van der Waals surface area contributed by atoms with Gasteiger partial charge >= 0.3 is 5.97 Å². The number of hydrogen-bond donors (Lipinski definition) is 0. The molecule has 0 radical (unpaired) electrons. The molecule has 0 saturated heterocycles. The molecule has 0 aromatic carbocycles. The van der Waals surface area contributed by atoms with Crippen LogP contribution in [0.15, 0.2) is 12.2 Å². The third kappa shape index (κ3) is 15.6. The van der Waals surface area contributed by atoms with E-state index in [4.69, 9.17) is 0 Å². The SMILES string of the molecule is CCCCCCCC(C)CCC/C=C\CCCCC(=O)OC. The highest BCUT2D eigenvalue weighted by Gasteiger charge is 2.01. The second-order valence-corrected chi connectivity index (χ2v) is 6.53. The van der Waals surface area contributed by atoms with Crippen LogP contribution < -0.4 is 0 Å². The van der Waals surface area contributed by atoms with Gasteiger partial charge in [0.15, 0.2) is 0 Å². The lowest BCUT2D eigenvalue weighted by Gasteiger charge is -2.10. The van der Waals surface area contributed by atoms with Crippen LogP contribution in [-0.4, -0.2) is 13.1 Å². The zero-order valence-corrected chi connectivity index (χ0v) is 15.2. The van der Waals surface area contributed by atoms with Gasteiger partial charge in [-0.15, -0.1) is 0 Å². The molecule has 0 heterocycles. The summed E-state index contributed by atoms with van der Waals surface area (Å²) in [7, 11) is 1.45. The molecule has 0 saturated carbocycles. The van der Waals surface area contributed by atoms with Crippen molar-refractivity contribution in [3.63, 3.8) is 0 Å². The van der Waals surface area contributed by atoms with E-state index in [2.05, 4.69) is 30.7 Å². The van der Waals surface area contributed by atoms with Crippen LogP contribution in [0, 0.1) is 5.92 Å². The Kier molecular flexibility index (Phi) is 16.0. The Labute approximate surface area is 138 Å². The largest absolute Gasteiger partial charge is 0.469 e. The molecule has 0 rings (SSSR count). The number of esters is 1. The van der Waals surface area contributed by atoms with Crippen LogP contribution in [0.25, 0.3) is 0 Å². The van der Waals surface area contributed by atoms with Gasteiger partial charge in [-0.05, 0) is 38.0 Å². The number of unbranched alkanes of at least 4 members (excludes halogenated alkanes) is 7. The summed E-state index contributed by atoms with van der Waals surface area (Å²) >= 11 is 0. The molecule has 1 unspecified atom stereocenters. The number of ether oxygens (including phenoxy) is 1. The van der Waals surface area contributed by atoms with Gasteiger partial charge in [0.25, 0.3) is 0 Å². The van der Waals surface area contributed by atoms with E-state index >= 15 is 0 Å². The molecule has 0 bridgehead atoms. The van der Waals surface area contributed by atoms with Crippen molar-refractivity contribution in [1.82, 2.24) is 0 Å². The number of carbonyl (C=O) groups excluding carboxylic acids is 1. The maximum atomic E-state index is 10.9. The molecule has 0 aromatic rings. The summed E-state index contributed by atoms with van der Waals surface area (Å²) < 4.78 is 4.62. The van der Waals surface area contributed by atoms with Gasteiger partial charge in [0.1, 0.15) is 0 Å². The lowest BCUT2D eigenvalue weighted by atomic mass is 9.97. The van der Waals surface area contributed by atoms with Crippen LogP contribution in [0.4, 0.5) is 0 Å². The summed E-state index contributed by atoms with van der Waals surface area (Å²) in [6.07, 6.45) is 20.5. The van der Waals surface area contributed by atoms with Crippen molar-refractivity contribution in [2.24, 2.45) is 5.92 Å². The molecular formula is C20H38O2. The molecule has 0 aliphatic rings. The van der Waals surface area contributed by atoms with Gasteiger partial charge in [0.2, 0.25) is 0 Å². The molecule has 1 atom stereocenters. The van der Waals surface area contributed by atoms with E-state index in [1.165, 1.54) is 64.9 Å². The molecule has 0 amide bonds. The highest BCUT2D eigenvalue weighted by atomic mass is 16.5. The number of carbonyl (C=O) groups is 1. The van der Waals surface area contributed by atoms with Crippen LogP contribution in [0.3, 0.4) is 0 Å². The first-order valence-electron chi connectivity index (χ1n) is 9.42. The van der Waals surface area contributed by atoms with E-state index in [9.17, 15) is 4.79 Å². The monoisotopic (exact) mass is 310 g/mol. The first kappa shape index (κ1) is 21.2. The van der Waals surface area contributed by atoms with E-state index in [-0.39, 0.29) is 5.97 Å². The summed E-state index contributed by atoms with van der Waals surface area (Å²) in [5.41, 5.74) is 0. The molecular weight excluding hydrogens is 272 g/mol. The van der Waals surface area contributed by atoms with E-state index in [0.29, 0.717) is 6.42 Å². The van der Waals surface area contributed by atoms with Crippen molar-refractivity contribution >= 4 is 5.97 Å². The molecule has 0 fully saturated rings. The predicted octanol–water partition coefficient (Wildman–Crippen LogP) is 6.44. The topological polar surface area (TPSA) is 26.3 Å². The Balaban J connectivity index is 3.29. The summed E-state index contributed by atoms with van der Waals surface area (Å²) in [4.78, 5) is 10.9. The smallest absolute Gasteiger partial charge is 0.305 e. The summed E-state index contributed by atoms with van der Waals surface area (Å²) in [6.45, 7) is 4.67. The van der Waals surface area contributed by atoms with Gasteiger partial charge in [0, 0.05) is 6.42 Å². The van der Waals surface area contributed by atoms with Crippen molar-refractivity contribution in [2.75, 3.05) is 7.11 Å². The Bertz CT molecular complexity index is 271. The number of hydrogen-bond acceptors (Lipinski definition) is 2. The normalized spacial score (nSPS) is 12.7. The lowest BCUT2D eigenvalue weighted by molar-refractivity contribution is -0.140. The van der Waals surface area contributed by atoms with Crippen molar-refractivity contribution in [3.05, 3.63) is 12.2 Å². The predicted molar refractivity (Wildman–Crippen MR) is 96.0 cm³/mol. The first-order valence-corrected chi connectivity index (χ1v) is 9.42. The van der Waals surface area contributed by atoms with Crippen LogP contribution in [-0.2, 0) is 9.53 Å². The average Bonchev–Trinajstić information content (AvgIpc) is 2.52. The highest BCUT2D eigenvalue weighted by molar-refractivity contribution is 5.68. The van der Waals surface area contributed by atoms with Crippen molar-refractivity contribution in [1.29, 1.82) is 0 Å². The van der Waals surface area contributed by atoms with E-state index in [1.54, 1.807) is 0 Å². The van der Waals surface area contributed by atoms with Gasteiger partial charge in [-0.2, -0.15) is 0 Å². The van der Waals surface area contributed by atoms with E-state index < -0.39 is 0 Å². The zero-order chi connectivity index (χ0) is 16.5. The van der Waals surface area contributed by atoms with Gasteiger partial charge in [0.05, 0.1) is 7.11 Å². The fraction of sp³-hybridized carbons (Fsp3) is 0.850. The fourth-order valence-electron chi connectivity index (χ4n) is 2.69. The van der Waals surface area contributed by atoms with Crippen LogP contribution in [0.2, 0.25) is 0 Å². The number of allylic oxidation sites excluding steroid dienone is 2. The van der Waals surface area contributed by atoms with Crippen molar-refractivity contribution < 1.29 is 9.53 Å². The first-order chi connectivity index (χ1) is 10.7. The zero-order valence-electron chi connectivity index (χ0n) is 15.2. The molecule has 0 N–H and O–H groups in total. The quantitative estimate of drug-likeness (QED) is 0.197. The maximum Gasteiger partial charge on any atom is 0.305 e. The Morgan fingerprint density at radius 1 is 0.909 bits per heavy atom. The van der Waals surface area contributed by atoms with Gasteiger partial charge in [-0.1, -0.05) is 70.9 Å². The van der Waals surface area contributed by atoms with Crippen LogP contribution >= 0.6 is 0 Å². The van der Waals surface area contributed by atoms with E-state index in [0.717, 1.165) is 25.2 Å². The van der Waals surface area contributed by atoms with Crippen molar-refractivity contribution in [2.45, 2.75) is 97.3 Å². The minimum Gasteiger partial charge on any atom is -0.469 e. The molecule has 0 aromatic heterocycles. The third-order valence-electron chi connectivity index (χ3n) is 4.26. The highest BCUT2D eigenvalue weighted by Crippen LogP contribution is 2.17. The van der Waals surface area contributed by atoms with Crippen LogP contribution in [0.1, 0.15) is 97.3 Å². The summed E-state index contributed by atoms with van der Waals surface area (Å²) in [5, 5.41) is 0. The minimum absolute atomic E-state index is 0.0901. The third-order valence-corrected chi connectivity index (χ3v) is 4.26. The molecule has 0 spiro atoms. The number of rotatable bonds is 15. The second-order valence-electron chi connectivity index (χ2n) is 6.53. The molecule has 0 aliphatic heterocycles. The Morgan fingerprint density at radius 2 is 1.55 bits per heavy atom. The summed E-state index contributed by atoms with van der Waals surface area (Å²) in [6, 6.07) is 0.